The van der Waals surface area contributed by atoms with Gasteiger partial charge in [0.2, 0.25) is 5.78 Å². The highest BCUT2D eigenvalue weighted by Crippen LogP contribution is 2.74. The molecule has 0 aromatic carbocycles. The molecule has 0 radical (unpaired) electrons. The second-order valence-corrected chi connectivity index (χ2v) is 6.66. The molecule has 2 fully saturated rings. The molecule has 0 heterocycles. The summed E-state index contributed by atoms with van der Waals surface area (Å²) in [5.74, 6) is 0.898. The fraction of sp³-hybridized carbons (Fsp3) is 0.733. The van der Waals surface area contributed by atoms with Gasteiger partial charge in [-0.3, -0.25) is 9.59 Å². The second-order valence-electron chi connectivity index (χ2n) is 6.66. The van der Waals surface area contributed by atoms with E-state index in [0.29, 0.717) is 11.8 Å². The van der Waals surface area contributed by atoms with E-state index in [1.54, 1.807) is 0 Å². The lowest BCUT2D eigenvalue weighted by Gasteiger charge is -2.64. The van der Waals surface area contributed by atoms with Gasteiger partial charge in [-0.15, -0.1) is 0 Å². The van der Waals surface area contributed by atoms with Crippen LogP contribution in [0.1, 0.15) is 33.6 Å². The number of methoxy groups -OCH3 is 1. The molecule has 98 valence electrons. The van der Waals surface area contributed by atoms with Crippen molar-refractivity contribution in [3.05, 3.63) is 11.8 Å². The van der Waals surface area contributed by atoms with Gasteiger partial charge in [0, 0.05) is 17.4 Å². The van der Waals surface area contributed by atoms with Crippen LogP contribution in [-0.4, -0.2) is 18.7 Å². The summed E-state index contributed by atoms with van der Waals surface area (Å²) >= 11 is 0. The fourth-order valence-electron chi connectivity index (χ4n) is 5.16. The molecule has 4 atom stereocenters. The smallest absolute Gasteiger partial charge is 0.202 e. The lowest BCUT2D eigenvalue weighted by Crippen LogP contribution is -2.69. The van der Waals surface area contributed by atoms with Crippen LogP contribution in [0.4, 0.5) is 0 Å². The molecule has 0 aliphatic heterocycles. The number of carbonyl (C=O) groups excluding carboxylic acids is 2. The standard InChI is InChI=1S/C15H20O3/c1-8-5-6-10-14(2,3)13-12(17)9(18-4)7-11(16)15(8,10)13/h7-8,10,13H,5-6H2,1-4H3/t8-,10-,13-,15-/m0/s1. The molecular weight excluding hydrogens is 228 g/mol. The average molecular weight is 248 g/mol. The Labute approximate surface area is 108 Å². The van der Waals surface area contributed by atoms with Crippen LogP contribution in [0.25, 0.3) is 0 Å². The van der Waals surface area contributed by atoms with Gasteiger partial charge >= 0.3 is 0 Å². The Hall–Kier alpha value is -1.12. The quantitative estimate of drug-likeness (QED) is 0.715. The van der Waals surface area contributed by atoms with Crippen LogP contribution in [0.2, 0.25) is 0 Å². The molecule has 18 heavy (non-hydrogen) atoms. The number of ether oxygens (including phenoxy) is 1. The molecule has 0 saturated heterocycles. The zero-order valence-corrected chi connectivity index (χ0v) is 11.4. The van der Waals surface area contributed by atoms with Gasteiger partial charge in [-0.25, -0.2) is 0 Å². The molecule has 3 rings (SSSR count). The summed E-state index contributed by atoms with van der Waals surface area (Å²) in [5.41, 5.74) is -0.488. The van der Waals surface area contributed by atoms with Crippen LogP contribution >= 0.6 is 0 Å². The summed E-state index contributed by atoms with van der Waals surface area (Å²) in [6.07, 6.45) is 3.57. The molecular formula is C15H20O3. The second kappa shape index (κ2) is 3.25. The normalized spacial score (nSPS) is 44.9. The first-order chi connectivity index (χ1) is 8.38. The lowest BCUT2D eigenvalue weighted by atomic mass is 9.36. The molecule has 3 aliphatic carbocycles. The molecule has 3 aliphatic rings. The molecule has 0 amide bonds. The van der Waals surface area contributed by atoms with Gasteiger partial charge in [-0.2, -0.15) is 0 Å². The molecule has 0 unspecified atom stereocenters. The summed E-state index contributed by atoms with van der Waals surface area (Å²) in [7, 11) is 1.47. The Kier molecular flexibility index (Phi) is 2.16. The highest BCUT2D eigenvalue weighted by atomic mass is 16.5. The maximum absolute atomic E-state index is 12.6. The number of hydrogen-bond acceptors (Lipinski definition) is 3. The topological polar surface area (TPSA) is 43.4 Å². The van der Waals surface area contributed by atoms with Crippen LogP contribution in [0.5, 0.6) is 0 Å². The van der Waals surface area contributed by atoms with Gasteiger partial charge in [0.1, 0.15) is 0 Å². The van der Waals surface area contributed by atoms with Crippen molar-refractivity contribution in [1.82, 2.24) is 0 Å². The summed E-state index contributed by atoms with van der Waals surface area (Å²) in [5, 5.41) is 0. The number of ketones is 2. The molecule has 0 aromatic heterocycles. The lowest BCUT2D eigenvalue weighted by molar-refractivity contribution is -0.195. The van der Waals surface area contributed by atoms with Gasteiger partial charge in [-0.1, -0.05) is 20.8 Å². The largest absolute Gasteiger partial charge is 0.493 e. The number of hydrogen-bond donors (Lipinski definition) is 0. The zero-order chi connectivity index (χ0) is 13.3. The Morgan fingerprint density at radius 1 is 1.28 bits per heavy atom. The first-order valence-corrected chi connectivity index (χ1v) is 6.72. The monoisotopic (exact) mass is 248 g/mol. The third-order valence-electron chi connectivity index (χ3n) is 5.81. The molecule has 1 spiro atoms. The Morgan fingerprint density at radius 3 is 2.56 bits per heavy atom. The Bertz CT molecular complexity index is 474. The number of rotatable bonds is 1. The van der Waals surface area contributed by atoms with Crippen LogP contribution < -0.4 is 0 Å². The third-order valence-corrected chi connectivity index (χ3v) is 5.81. The minimum absolute atomic E-state index is 0.0344. The van der Waals surface area contributed by atoms with Crippen LogP contribution in [0.3, 0.4) is 0 Å². The highest BCUT2D eigenvalue weighted by molar-refractivity contribution is 6.13. The van der Waals surface area contributed by atoms with Crippen molar-refractivity contribution < 1.29 is 14.3 Å². The minimum atomic E-state index is -0.414. The zero-order valence-electron chi connectivity index (χ0n) is 11.4. The van der Waals surface area contributed by atoms with E-state index in [4.69, 9.17) is 4.74 Å². The first kappa shape index (κ1) is 11.9. The van der Waals surface area contributed by atoms with Gasteiger partial charge < -0.3 is 4.74 Å². The van der Waals surface area contributed by atoms with E-state index in [-0.39, 0.29) is 28.7 Å². The predicted octanol–water partition coefficient (Wildman–Crippen LogP) is 2.36. The first-order valence-electron chi connectivity index (χ1n) is 6.72. The van der Waals surface area contributed by atoms with Gasteiger partial charge in [0.05, 0.1) is 7.11 Å². The van der Waals surface area contributed by atoms with Crippen molar-refractivity contribution in [2.75, 3.05) is 7.11 Å². The van der Waals surface area contributed by atoms with Gasteiger partial charge in [0.25, 0.3) is 0 Å². The summed E-state index contributed by atoms with van der Waals surface area (Å²) in [4.78, 5) is 25.1. The minimum Gasteiger partial charge on any atom is -0.493 e. The number of Topliss-reactive ketones (excluding diaryl/α,β-unsaturated/α-hetero) is 1. The molecule has 3 heteroatoms. The number of allylic oxidation sites excluding steroid dienone is 2. The van der Waals surface area contributed by atoms with E-state index in [1.807, 2.05) is 0 Å². The van der Waals surface area contributed by atoms with Gasteiger partial charge in [0.15, 0.2) is 11.5 Å². The van der Waals surface area contributed by atoms with Crippen LogP contribution in [-0.2, 0) is 14.3 Å². The maximum Gasteiger partial charge on any atom is 0.202 e. The van der Waals surface area contributed by atoms with Crippen molar-refractivity contribution in [1.29, 1.82) is 0 Å². The SMILES string of the molecule is COC1=CC(=O)[C@]23[C@@H](C)CC[C@H]2C(C)(C)[C@@H]3C1=O. The molecule has 0 bridgehead atoms. The Balaban J connectivity index is 2.17. The van der Waals surface area contributed by atoms with E-state index in [1.165, 1.54) is 13.2 Å². The van der Waals surface area contributed by atoms with Crippen molar-refractivity contribution in [2.24, 2.45) is 28.6 Å². The van der Waals surface area contributed by atoms with Crippen LogP contribution in [0.15, 0.2) is 11.8 Å². The summed E-state index contributed by atoms with van der Waals surface area (Å²) in [6.45, 7) is 6.38. The Morgan fingerprint density at radius 2 is 1.94 bits per heavy atom. The molecule has 3 nitrogen and oxygen atoms in total. The van der Waals surface area contributed by atoms with Gasteiger partial charge in [-0.05, 0) is 30.1 Å². The van der Waals surface area contributed by atoms with Crippen molar-refractivity contribution in [3.8, 4) is 0 Å². The maximum atomic E-state index is 12.6. The molecule has 0 aromatic rings. The molecule has 0 N–H and O–H groups in total. The van der Waals surface area contributed by atoms with E-state index >= 15 is 0 Å². The predicted molar refractivity (Wildman–Crippen MR) is 66.7 cm³/mol. The van der Waals surface area contributed by atoms with E-state index in [0.717, 1.165) is 12.8 Å². The highest BCUT2D eigenvalue weighted by Gasteiger charge is 2.76. The van der Waals surface area contributed by atoms with Crippen molar-refractivity contribution in [3.63, 3.8) is 0 Å². The van der Waals surface area contributed by atoms with Crippen molar-refractivity contribution >= 4 is 11.6 Å². The fourth-order valence-corrected chi connectivity index (χ4v) is 5.16. The number of carbonyl (C=O) groups is 2. The molecule has 2 saturated carbocycles. The third kappa shape index (κ3) is 0.987. The average Bonchev–Trinajstić information content (AvgIpc) is 2.60. The van der Waals surface area contributed by atoms with E-state index < -0.39 is 5.41 Å². The summed E-state index contributed by atoms with van der Waals surface area (Å²) < 4.78 is 5.09. The van der Waals surface area contributed by atoms with Crippen molar-refractivity contribution in [2.45, 2.75) is 33.6 Å². The summed E-state index contributed by atoms with van der Waals surface area (Å²) in [6, 6.07) is 0. The van der Waals surface area contributed by atoms with E-state index in [2.05, 4.69) is 20.8 Å². The van der Waals surface area contributed by atoms with Crippen LogP contribution in [0, 0.1) is 28.6 Å². The van der Waals surface area contributed by atoms with E-state index in [9.17, 15) is 9.59 Å².